The molecule has 0 aliphatic heterocycles. The predicted octanol–water partition coefficient (Wildman–Crippen LogP) is 2.15. The number of aromatic nitrogens is 4. The van der Waals surface area contributed by atoms with Crippen LogP contribution in [-0.2, 0) is 4.79 Å². The van der Waals surface area contributed by atoms with Crippen LogP contribution >= 0.6 is 35.0 Å². The Hall–Kier alpha value is -1.31. The lowest BCUT2D eigenvalue weighted by Gasteiger charge is -2.07. The van der Waals surface area contributed by atoms with E-state index in [9.17, 15) is 4.79 Å². The van der Waals surface area contributed by atoms with Crippen LogP contribution in [0.25, 0.3) is 5.69 Å². The van der Waals surface area contributed by atoms with Gasteiger partial charge in [-0.2, -0.15) is 4.68 Å². The molecule has 0 unspecified atom stereocenters. The lowest BCUT2D eigenvalue weighted by Crippen LogP contribution is -2.04. The first-order chi connectivity index (χ1) is 8.59. The predicted molar refractivity (Wildman–Crippen MR) is 67.5 cm³/mol. The van der Waals surface area contributed by atoms with Gasteiger partial charge in [0.15, 0.2) is 0 Å². The maximum absolute atomic E-state index is 10.5. The van der Waals surface area contributed by atoms with E-state index in [1.807, 2.05) is 0 Å². The van der Waals surface area contributed by atoms with Crippen LogP contribution in [0.2, 0.25) is 10.0 Å². The lowest BCUT2D eigenvalue weighted by atomic mass is 10.3. The molecule has 94 valence electrons. The van der Waals surface area contributed by atoms with E-state index in [1.54, 1.807) is 18.2 Å². The molecular weight excluding hydrogens is 299 g/mol. The maximum Gasteiger partial charge on any atom is 0.313 e. The molecule has 0 spiro atoms. The highest BCUT2D eigenvalue weighted by atomic mass is 35.5. The van der Waals surface area contributed by atoms with Crippen LogP contribution in [0, 0.1) is 0 Å². The molecule has 0 amide bonds. The summed E-state index contributed by atoms with van der Waals surface area (Å²) in [7, 11) is 0. The number of carboxylic acid groups (broad SMARTS) is 1. The average molecular weight is 305 g/mol. The van der Waals surface area contributed by atoms with Gasteiger partial charge in [-0.05, 0) is 22.6 Å². The first-order valence-electron chi connectivity index (χ1n) is 4.67. The van der Waals surface area contributed by atoms with Crippen LogP contribution in [0.3, 0.4) is 0 Å². The van der Waals surface area contributed by atoms with E-state index in [0.717, 1.165) is 11.8 Å². The van der Waals surface area contributed by atoms with E-state index >= 15 is 0 Å². The molecule has 0 bridgehead atoms. The molecule has 0 saturated heterocycles. The highest BCUT2D eigenvalue weighted by Gasteiger charge is 2.15. The zero-order chi connectivity index (χ0) is 13.1. The van der Waals surface area contributed by atoms with Gasteiger partial charge >= 0.3 is 5.97 Å². The van der Waals surface area contributed by atoms with Crippen molar-refractivity contribution < 1.29 is 9.90 Å². The van der Waals surface area contributed by atoms with Crippen LogP contribution in [0.5, 0.6) is 0 Å². The van der Waals surface area contributed by atoms with E-state index in [2.05, 4.69) is 15.5 Å². The van der Waals surface area contributed by atoms with Crippen LogP contribution < -0.4 is 0 Å². The van der Waals surface area contributed by atoms with E-state index in [-0.39, 0.29) is 5.75 Å². The lowest BCUT2D eigenvalue weighted by molar-refractivity contribution is -0.133. The number of tetrazole rings is 1. The topological polar surface area (TPSA) is 80.9 Å². The summed E-state index contributed by atoms with van der Waals surface area (Å²) in [4.78, 5) is 10.5. The second kappa shape index (κ2) is 5.55. The van der Waals surface area contributed by atoms with Gasteiger partial charge in [-0.15, -0.1) is 5.10 Å². The maximum atomic E-state index is 10.5. The zero-order valence-electron chi connectivity index (χ0n) is 8.75. The molecule has 18 heavy (non-hydrogen) atoms. The summed E-state index contributed by atoms with van der Waals surface area (Å²) in [6.45, 7) is 0. The molecule has 1 aromatic carbocycles. The number of halogens is 2. The number of carboxylic acids is 1. The van der Waals surface area contributed by atoms with Crippen molar-refractivity contribution in [2.45, 2.75) is 5.16 Å². The minimum Gasteiger partial charge on any atom is -0.481 e. The molecule has 0 aliphatic rings. The van der Waals surface area contributed by atoms with Crippen molar-refractivity contribution in [3.05, 3.63) is 28.2 Å². The van der Waals surface area contributed by atoms with Crippen LogP contribution in [0.15, 0.2) is 23.4 Å². The van der Waals surface area contributed by atoms with Gasteiger partial charge in [-0.1, -0.05) is 41.0 Å². The number of nitrogens with zero attached hydrogens (tertiary/aromatic N) is 4. The van der Waals surface area contributed by atoms with Crippen molar-refractivity contribution in [1.82, 2.24) is 20.2 Å². The molecule has 1 heterocycles. The normalized spacial score (nSPS) is 10.6. The molecule has 9 heteroatoms. The fraction of sp³-hybridized carbons (Fsp3) is 0.111. The standard InChI is InChI=1S/C9H6Cl2N4O2S/c10-5-2-1-3-6(11)8(5)15-9(12-13-14-15)18-4-7(16)17/h1-3H,4H2,(H,16,17). The minimum absolute atomic E-state index is 0.150. The van der Waals surface area contributed by atoms with E-state index in [4.69, 9.17) is 28.3 Å². The summed E-state index contributed by atoms with van der Waals surface area (Å²) >= 11 is 13.0. The molecule has 0 aliphatic carbocycles. The fourth-order valence-electron chi connectivity index (χ4n) is 1.23. The Morgan fingerprint density at radius 3 is 2.67 bits per heavy atom. The van der Waals surface area contributed by atoms with E-state index in [1.165, 1.54) is 4.68 Å². The second-order valence-corrected chi connectivity index (χ2v) is 4.88. The summed E-state index contributed by atoms with van der Waals surface area (Å²) in [5.41, 5.74) is 0.429. The Morgan fingerprint density at radius 1 is 1.39 bits per heavy atom. The Morgan fingerprint density at radius 2 is 2.06 bits per heavy atom. The summed E-state index contributed by atoms with van der Waals surface area (Å²) < 4.78 is 1.32. The van der Waals surface area contributed by atoms with Gasteiger partial charge in [0.2, 0.25) is 5.16 Å². The van der Waals surface area contributed by atoms with Gasteiger partial charge in [0.1, 0.15) is 5.69 Å². The Labute approximate surface area is 116 Å². The Kier molecular flexibility index (Phi) is 4.05. The first kappa shape index (κ1) is 13.1. The smallest absolute Gasteiger partial charge is 0.313 e. The molecule has 0 radical (unpaired) electrons. The number of thioether (sulfide) groups is 1. The Bertz CT molecular complexity index is 569. The van der Waals surface area contributed by atoms with Gasteiger partial charge in [0.25, 0.3) is 0 Å². The SMILES string of the molecule is O=C(O)CSc1nnnn1-c1c(Cl)cccc1Cl. The number of para-hydroxylation sites is 1. The molecule has 0 atom stereocenters. The summed E-state index contributed by atoms with van der Waals surface area (Å²) in [6.07, 6.45) is 0. The third-order valence-corrected chi connectivity index (χ3v) is 3.43. The molecule has 6 nitrogen and oxygen atoms in total. The molecule has 0 fully saturated rings. The van der Waals surface area contributed by atoms with Gasteiger partial charge in [0.05, 0.1) is 15.8 Å². The van der Waals surface area contributed by atoms with Gasteiger partial charge in [-0.3, -0.25) is 4.79 Å². The van der Waals surface area contributed by atoms with Crippen molar-refractivity contribution in [1.29, 1.82) is 0 Å². The van der Waals surface area contributed by atoms with Crippen LogP contribution in [0.4, 0.5) is 0 Å². The molecule has 2 aromatic rings. The van der Waals surface area contributed by atoms with Crippen LogP contribution in [0.1, 0.15) is 0 Å². The summed E-state index contributed by atoms with van der Waals surface area (Å²) in [5, 5.41) is 20.7. The second-order valence-electron chi connectivity index (χ2n) is 3.13. The van der Waals surface area contributed by atoms with E-state index in [0.29, 0.717) is 20.9 Å². The van der Waals surface area contributed by atoms with Crippen molar-refractivity contribution in [3.8, 4) is 5.69 Å². The monoisotopic (exact) mass is 304 g/mol. The van der Waals surface area contributed by atoms with Gasteiger partial charge in [0, 0.05) is 0 Å². The third-order valence-electron chi connectivity index (χ3n) is 1.91. The first-order valence-corrected chi connectivity index (χ1v) is 6.41. The van der Waals surface area contributed by atoms with Gasteiger partial charge in [-0.25, -0.2) is 0 Å². The number of aliphatic carboxylic acids is 1. The minimum atomic E-state index is -0.959. The summed E-state index contributed by atoms with van der Waals surface area (Å²) in [5.74, 6) is -1.11. The van der Waals surface area contributed by atoms with E-state index < -0.39 is 5.97 Å². The number of hydrogen-bond donors (Lipinski definition) is 1. The van der Waals surface area contributed by atoms with Crippen molar-refractivity contribution in [2.24, 2.45) is 0 Å². The Balaban J connectivity index is 2.39. The number of benzene rings is 1. The molecular formula is C9H6Cl2N4O2S. The quantitative estimate of drug-likeness (QED) is 0.872. The highest BCUT2D eigenvalue weighted by Crippen LogP contribution is 2.30. The summed E-state index contributed by atoms with van der Waals surface area (Å²) in [6, 6.07) is 4.99. The zero-order valence-corrected chi connectivity index (χ0v) is 11.1. The largest absolute Gasteiger partial charge is 0.481 e. The third kappa shape index (κ3) is 2.74. The fourth-order valence-corrected chi connectivity index (χ4v) is 2.38. The molecule has 1 aromatic heterocycles. The number of rotatable bonds is 4. The highest BCUT2D eigenvalue weighted by molar-refractivity contribution is 7.99. The van der Waals surface area contributed by atoms with Crippen molar-refractivity contribution in [3.63, 3.8) is 0 Å². The van der Waals surface area contributed by atoms with Crippen molar-refractivity contribution >= 4 is 40.9 Å². The van der Waals surface area contributed by atoms with Crippen LogP contribution in [-0.4, -0.2) is 37.0 Å². The number of carbonyl (C=O) groups is 1. The molecule has 2 rings (SSSR count). The van der Waals surface area contributed by atoms with Gasteiger partial charge < -0.3 is 5.11 Å². The molecule has 1 N–H and O–H groups in total. The average Bonchev–Trinajstić information content (AvgIpc) is 2.74. The number of hydrogen-bond acceptors (Lipinski definition) is 5. The van der Waals surface area contributed by atoms with Crippen molar-refractivity contribution in [2.75, 3.05) is 5.75 Å². The molecule has 0 saturated carbocycles.